The summed E-state index contributed by atoms with van der Waals surface area (Å²) in [5.74, 6) is -1.06. The summed E-state index contributed by atoms with van der Waals surface area (Å²) in [5, 5.41) is 9.32. The highest BCUT2D eigenvalue weighted by molar-refractivity contribution is 6.00. The molecule has 1 N–H and O–H groups in total. The lowest BCUT2D eigenvalue weighted by Crippen LogP contribution is -2.04. The Balaban J connectivity index is 2.82. The van der Waals surface area contributed by atoms with Crippen LogP contribution in [0.4, 0.5) is 0 Å². The van der Waals surface area contributed by atoms with Crippen LogP contribution < -0.4 is 0 Å². The van der Waals surface area contributed by atoms with E-state index < -0.39 is 5.97 Å². The van der Waals surface area contributed by atoms with Crippen LogP contribution in [0.3, 0.4) is 0 Å². The fourth-order valence-electron chi connectivity index (χ4n) is 2.45. The summed E-state index contributed by atoms with van der Waals surface area (Å²) in [4.78, 5) is 22.6. The van der Waals surface area contributed by atoms with Gasteiger partial charge in [0, 0.05) is 7.05 Å². The average Bonchev–Trinajstić information content (AvgIpc) is 2.71. The van der Waals surface area contributed by atoms with Gasteiger partial charge in [0.2, 0.25) is 0 Å². The molecule has 98 valence electrons. The van der Waals surface area contributed by atoms with E-state index in [1.165, 1.54) is 0 Å². The number of carboxylic acid groups (broad SMARTS) is 1. The molecule has 0 atom stereocenters. The highest BCUT2D eigenvalue weighted by Gasteiger charge is 2.24. The lowest BCUT2D eigenvalue weighted by molar-refractivity contribution is 0.0692. The third-order valence-electron chi connectivity index (χ3n) is 3.27. The van der Waals surface area contributed by atoms with Crippen molar-refractivity contribution < 1.29 is 14.7 Å². The Morgan fingerprint density at radius 2 is 1.95 bits per heavy atom. The predicted molar refractivity (Wildman–Crippen MR) is 72.6 cm³/mol. The monoisotopic (exact) mass is 257 g/mol. The Hall–Kier alpha value is -2.36. The first-order valence-electron chi connectivity index (χ1n) is 6.07. The van der Waals surface area contributed by atoms with E-state index in [1.807, 2.05) is 37.3 Å². The lowest BCUT2D eigenvalue weighted by Gasteiger charge is -2.07. The first-order chi connectivity index (χ1) is 9.11. The molecule has 0 amide bonds. The van der Waals surface area contributed by atoms with E-state index in [2.05, 4.69) is 0 Å². The minimum Gasteiger partial charge on any atom is -0.478 e. The van der Waals surface area contributed by atoms with Gasteiger partial charge in [-0.3, -0.25) is 4.79 Å². The van der Waals surface area contributed by atoms with Crippen LogP contribution in [0.5, 0.6) is 0 Å². The molecule has 4 nitrogen and oxygen atoms in total. The van der Waals surface area contributed by atoms with Crippen molar-refractivity contribution in [3.8, 4) is 11.3 Å². The number of aromatic nitrogens is 1. The SMILES string of the molecule is CCc1c(C(=O)O)c(C=O)n(C)c1-c1ccccc1. The van der Waals surface area contributed by atoms with Crippen molar-refractivity contribution in [2.24, 2.45) is 7.05 Å². The Kier molecular flexibility index (Phi) is 3.51. The van der Waals surface area contributed by atoms with Crippen molar-refractivity contribution in [3.05, 3.63) is 47.2 Å². The molecule has 2 rings (SSSR count). The van der Waals surface area contributed by atoms with E-state index in [0.717, 1.165) is 11.3 Å². The quantitative estimate of drug-likeness (QED) is 0.857. The smallest absolute Gasteiger partial charge is 0.338 e. The molecule has 0 unspecified atom stereocenters. The fraction of sp³-hybridized carbons (Fsp3) is 0.200. The molecule has 1 heterocycles. The van der Waals surface area contributed by atoms with E-state index >= 15 is 0 Å². The van der Waals surface area contributed by atoms with Gasteiger partial charge in [0.25, 0.3) is 0 Å². The molecular formula is C15H15NO3. The molecule has 1 aromatic heterocycles. The van der Waals surface area contributed by atoms with Crippen LogP contribution >= 0.6 is 0 Å². The highest BCUT2D eigenvalue weighted by Crippen LogP contribution is 2.30. The van der Waals surface area contributed by atoms with Gasteiger partial charge in [-0.2, -0.15) is 0 Å². The standard InChI is InChI=1S/C15H15NO3/c1-3-11-13(15(18)19)12(9-17)16(2)14(11)10-7-5-4-6-8-10/h4-9H,3H2,1-2H3,(H,18,19). The second-order valence-corrected chi connectivity index (χ2v) is 4.29. The molecule has 0 saturated heterocycles. The second kappa shape index (κ2) is 5.10. The minimum atomic E-state index is -1.06. The van der Waals surface area contributed by atoms with Gasteiger partial charge < -0.3 is 9.67 Å². The van der Waals surface area contributed by atoms with E-state index in [4.69, 9.17) is 0 Å². The Morgan fingerprint density at radius 1 is 1.32 bits per heavy atom. The van der Waals surface area contributed by atoms with Crippen LogP contribution in [0.15, 0.2) is 30.3 Å². The number of carbonyl (C=O) groups is 2. The summed E-state index contributed by atoms with van der Waals surface area (Å²) in [7, 11) is 1.72. The Morgan fingerprint density at radius 3 is 2.42 bits per heavy atom. The zero-order chi connectivity index (χ0) is 14.0. The highest BCUT2D eigenvalue weighted by atomic mass is 16.4. The van der Waals surface area contributed by atoms with Gasteiger partial charge in [-0.1, -0.05) is 37.3 Å². The molecule has 0 fully saturated rings. The van der Waals surface area contributed by atoms with Crippen molar-refractivity contribution >= 4 is 12.3 Å². The van der Waals surface area contributed by atoms with Gasteiger partial charge in [0.1, 0.15) is 0 Å². The maximum absolute atomic E-state index is 11.4. The van der Waals surface area contributed by atoms with Crippen molar-refractivity contribution in [1.82, 2.24) is 4.57 Å². The van der Waals surface area contributed by atoms with Crippen LogP contribution in [0.2, 0.25) is 0 Å². The molecule has 2 aromatic rings. The molecule has 19 heavy (non-hydrogen) atoms. The van der Waals surface area contributed by atoms with Crippen molar-refractivity contribution in [2.45, 2.75) is 13.3 Å². The fourth-order valence-corrected chi connectivity index (χ4v) is 2.45. The van der Waals surface area contributed by atoms with Gasteiger partial charge in [0.05, 0.1) is 17.0 Å². The molecule has 1 aromatic carbocycles. The van der Waals surface area contributed by atoms with Crippen LogP contribution in [0.1, 0.15) is 33.3 Å². The van der Waals surface area contributed by atoms with Gasteiger partial charge in [0.15, 0.2) is 6.29 Å². The topological polar surface area (TPSA) is 59.3 Å². The van der Waals surface area contributed by atoms with Crippen LogP contribution in [-0.2, 0) is 13.5 Å². The van der Waals surface area contributed by atoms with Crippen molar-refractivity contribution in [1.29, 1.82) is 0 Å². The third-order valence-corrected chi connectivity index (χ3v) is 3.27. The number of aromatic carboxylic acids is 1. The zero-order valence-corrected chi connectivity index (χ0v) is 10.9. The number of hydrogen-bond donors (Lipinski definition) is 1. The summed E-state index contributed by atoms with van der Waals surface area (Å²) in [6, 6.07) is 9.51. The molecule has 0 spiro atoms. The molecule has 0 aliphatic carbocycles. The molecule has 4 heteroatoms. The average molecular weight is 257 g/mol. The number of hydrogen-bond acceptors (Lipinski definition) is 2. The molecular weight excluding hydrogens is 242 g/mol. The third kappa shape index (κ3) is 2.05. The van der Waals surface area contributed by atoms with Crippen LogP contribution in [0, 0.1) is 0 Å². The Labute approximate surface area is 111 Å². The minimum absolute atomic E-state index is 0.110. The lowest BCUT2D eigenvalue weighted by atomic mass is 10.0. The summed E-state index contributed by atoms with van der Waals surface area (Å²) < 4.78 is 1.66. The van der Waals surface area contributed by atoms with Crippen molar-refractivity contribution in [3.63, 3.8) is 0 Å². The number of carbonyl (C=O) groups excluding carboxylic acids is 1. The maximum atomic E-state index is 11.4. The largest absolute Gasteiger partial charge is 0.478 e. The molecule has 0 aliphatic heterocycles. The summed E-state index contributed by atoms with van der Waals surface area (Å²) in [5.41, 5.74) is 2.73. The van der Waals surface area contributed by atoms with Gasteiger partial charge in [-0.25, -0.2) is 4.79 Å². The first-order valence-corrected chi connectivity index (χ1v) is 6.07. The first kappa shape index (κ1) is 13.1. The van der Waals surface area contributed by atoms with Crippen LogP contribution in [0.25, 0.3) is 11.3 Å². The number of carboxylic acids is 1. The summed E-state index contributed by atoms with van der Waals surface area (Å²) in [6.45, 7) is 1.89. The molecule has 0 bridgehead atoms. The molecule has 0 aliphatic rings. The molecule has 0 radical (unpaired) electrons. The maximum Gasteiger partial charge on any atom is 0.338 e. The number of nitrogens with zero attached hydrogens (tertiary/aromatic N) is 1. The second-order valence-electron chi connectivity index (χ2n) is 4.29. The zero-order valence-electron chi connectivity index (χ0n) is 10.9. The normalized spacial score (nSPS) is 10.4. The number of benzene rings is 1. The predicted octanol–water partition coefficient (Wildman–Crippen LogP) is 2.77. The summed E-state index contributed by atoms with van der Waals surface area (Å²) in [6.07, 6.45) is 1.17. The van der Waals surface area contributed by atoms with Gasteiger partial charge >= 0.3 is 5.97 Å². The van der Waals surface area contributed by atoms with E-state index in [1.54, 1.807) is 11.6 Å². The molecule has 0 saturated carbocycles. The van der Waals surface area contributed by atoms with Crippen LogP contribution in [-0.4, -0.2) is 21.9 Å². The van der Waals surface area contributed by atoms with E-state index in [9.17, 15) is 14.7 Å². The number of aldehydes is 1. The van der Waals surface area contributed by atoms with E-state index in [-0.39, 0.29) is 11.3 Å². The summed E-state index contributed by atoms with van der Waals surface area (Å²) >= 11 is 0. The van der Waals surface area contributed by atoms with Crippen molar-refractivity contribution in [2.75, 3.05) is 0 Å². The van der Waals surface area contributed by atoms with Gasteiger partial charge in [-0.15, -0.1) is 0 Å². The van der Waals surface area contributed by atoms with E-state index in [0.29, 0.717) is 18.3 Å². The Bertz CT molecular complexity index is 627. The number of rotatable bonds is 4. The van der Waals surface area contributed by atoms with Gasteiger partial charge in [-0.05, 0) is 17.5 Å².